The van der Waals surface area contributed by atoms with E-state index in [4.69, 9.17) is 18.0 Å². The van der Waals surface area contributed by atoms with E-state index in [1.54, 1.807) is 6.92 Å². The zero-order valence-electron chi connectivity index (χ0n) is 9.62. The molecule has 4 heteroatoms. The molecule has 1 aliphatic carbocycles. The second-order valence-electron chi connectivity index (χ2n) is 4.65. The van der Waals surface area contributed by atoms with Crippen molar-refractivity contribution in [2.45, 2.75) is 39.7 Å². The van der Waals surface area contributed by atoms with Gasteiger partial charge >= 0.3 is 0 Å². The quantitative estimate of drug-likeness (QED) is 0.719. The molecule has 0 aromatic carbocycles. The molecule has 1 fully saturated rings. The third kappa shape index (κ3) is 2.91. The Morgan fingerprint density at radius 1 is 1.47 bits per heavy atom. The first-order valence-corrected chi connectivity index (χ1v) is 5.94. The Balaban J connectivity index is 2.49. The van der Waals surface area contributed by atoms with E-state index in [2.05, 4.69) is 19.2 Å². The van der Waals surface area contributed by atoms with Crippen molar-refractivity contribution >= 4 is 23.1 Å². The highest BCUT2D eigenvalue weighted by atomic mass is 32.1. The van der Waals surface area contributed by atoms with Crippen molar-refractivity contribution in [3.05, 3.63) is 0 Å². The lowest BCUT2D eigenvalue weighted by Gasteiger charge is -2.21. The van der Waals surface area contributed by atoms with E-state index >= 15 is 0 Å². The Labute approximate surface area is 96.8 Å². The van der Waals surface area contributed by atoms with E-state index in [0.29, 0.717) is 17.9 Å². The number of amides is 1. The molecule has 0 radical (unpaired) electrons. The van der Waals surface area contributed by atoms with Crippen LogP contribution in [-0.2, 0) is 4.79 Å². The largest absolute Gasteiger partial charge is 0.393 e. The van der Waals surface area contributed by atoms with Crippen LogP contribution in [0, 0.1) is 17.8 Å². The van der Waals surface area contributed by atoms with Crippen LogP contribution in [0.15, 0.2) is 0 Å². The minimum atomic E-state index is -0.358. The standard InChI is InChI=1S/C11H20N2OS/c1-6-4-5-9(7(6)2)13-11(14)8(3)10(12)15/h6-9H,4-5H2,1-3H3,(H2,12,15)(H,13,14). The molecule has 0 aromatic heterocycles. The highest BCUT2D eigenvalue weighted by Gasteiger charge is 2.31. The molecule has 1 rings (SSSR count). The number of hydrogen-bond donors (Lipinski definition) is 2. The predicted molar refractivity (Wildman–Crippen MR) is 65.4 cm³/mol. The molecule has 4 unspecified atom stereocenters. The maximum atomic E-state index is 11.7. The van der Waals surface area contributed by atoms with Crippen molar-refractivity contribution < 1.29 is 4.79 Å². The number of nitrogens with two attached hydrogens (primary N) is 1. The number of carbonyl (C=O) groups is 1. The molecule has 0 heterocycles. The lowest BCUT2D eigenvalue weighted by molar-refractivity contribution is -0.123. The van der Waals surface area contributed by atoms with Gasteiger partial charge in [-0.2, -0.15) is 0 Å². The van der Waals surface area contributed by atoms with Gasteiger partial charge in [0.1, 0.15) is 0 Å². The molecule has 1 aliphatic rings. The number of hydrogen-bond acceptors (Lipinski definition) is 2. The van der Waals surface area contributed by atoms with Crippen molar-refractivity contribution in [3.63, 3.8) is 0 Å². The first-order chi connectivity index (χ1) is 6.93. The van der Waals surface area contributed by atoms with Gasteiger partial charge in [-0.15, -0.1) is 0 Å². The zero-order chi connectivity index (χ0) is 11.6. The van der Waals surface area contributed by atoms with Crippen molar-refractivity contribution in [2.24, 2.45) is 23.5 Å². The highest BCUT2D eigenvalue weighted by molar-refractivity contribution is 7.80. The van der Waals surface area contributed by atoms with Gasteiger partial charge < -0.3 is 11.1 Å². The first kappa shape index (κ1) is 12.4. The maximum Gasteiger partial charge on any atom is 0.229 e. The summed E-state index contributed by atoms with van der Waals surface area (Å²) in [5, 5.41) is 3.03. The maximum absolute atomic E-state index is 11.7. The van der Waals surface area contributed by atoms with Gasteiger partial charge in [0.05, 0.1) is 10.9 Å². The Morgan fingerprint density at radius 2 is 2.07 bits per heavy atom. The van der Waals surface area contributed by atoms with Crippen molar-refractivity contribution in [1.82, 2.24) is 5.32 Å². The van der Waals surface area contributed by atoms with Gasteiger partial charge in [0.2, 0.25) is 5.91 Å². The van der Waals surface area contributed by atoms with E-state index in [9.17, 15) is 4.79 Å². The molecule has 0 aromatic rings. The second-order valence-corrected chi connectivity index (χ2v) is 5.12. The molecular weight excluding hydrogens is 208 g/mol. The topological polar surface area (TPSA) is 55.1 Å². The summed E-state index contributed by atoms with van der Waals surface area (Å²) in [4.78, 5) is 12.0. The Kier molecular flexibility index (Phi) is 4.08. The van der Waals surface area contributed by atoms with Crippen LogP contribution in [0.3, 0.4) is 0 Å². The third-order valence-corrected chi connectivity index (χ3v) is 3.97. The van der Waals surface area contributed by atoms with Crippen LogP contribution in [0.1, 0.15) is 33.6 Å². The van der Waals surface area contributed by atoms with Gasteiger partial charge in [-0.3, -0.25) is 4.79 Å². The Morgan fingerprint density at radius 3 is 2.47 bits per heavy atom. The normalized spacial score (nSPS) is 32.3. The summed E-state index contributed by atoms with van der Waals surface area (Å²) in [7, 11) is 0. The summed E-state index contributed by atoms with van der Waals surface area (Å²) >= 11 is 4.80. The van der Waals surface area contributed by atoms with Crippen LogP contribution in [-0.4, -0.2) is 16.9 Å². The van der Waals surface area contributed by atoms with E-state index in [-0.39, 0.29) is 16.8 Å². The molecule has 15 heavy (non-hydrogen) atoms. The van der Waals surface area contributed by atoms with Gasteiger partial charge in [-0.05, 0) is 31.6 Å². The number of thiocarbonyl (C=S) groups is 1. The van der Waals surface area contributed by atoms with Gasteiger partial charge in [0, 0.05) is 6.04 Å². The fraction of sp³-hybridized carbons (Fsp3) is 0.818. The monoisotopic (exact) mass is 228 g/mol. The van der Waals surface area contributed by atoms with Gasteiger partial charge in [0.15, 0.2) is 0 Å². The number of rotatable bonds is 3. The van der Waals surface area contributed by atoms with Crippen LogP contribution in [0.25, 0.3) is 0 Å². The average Bonchev–Trinajstić information content (AvgIpc) is 2.48. The minimum Gasteiger partial charge on any atom is -0.393 e. The second kappa shape index (κ2) is 4.92. The summed E-state index contributed by atoms with van der Waals surface area (Å²) in [5.74, 6) is 0.847. The molecule has 1 amide bonds. The molecule has 86 valence electrons. The molecule has 3 nitrogen and oxygen atoms in total. The van der Waals surface area contributed by atoms with E-state index in [1.807, 2.05) is 0 Å². The van der Waals surface area contributed by atoms with Gasteiger partial charge in [0.25, 0.3) is 0 Å². The fourth-order valence-electron chi connectivity index (χ4n) is 2.01. The summed E-state index contributed by atoms with van der Waals surface area (Å²) < 4.78 is 0. The number of carbonyl (C=O) groups excluding carboxylic acids is 1. The van der Waals surface area contributed by atoms with Crippen LogP contribution in [0.5, 0.6) is 0 Å². The molecule has 3 N–H and O–H groups in total. The SMILES string of the molecule is CC(C(=O)NC1CCC(C)C1C)C(N)=S. The number of nitrogens with one attached hydrogen (secondary N) is 1. The molecule has 4 atom stereocenters. The average molecular weight is 228 g/mol. The van der Waals surface area contributed by atoms with Crippen LogP contribution in [0.4, 0.5) is 0 Å². The van der Waals surface area contributed by atoms with E-state index < -0.39 is 0 Å². The summed E-state index contributed by atoms with van der Waals surface area (Å²) in [6, 6.07) is 0.296. The highest BCUT2D eigenvalue weighted by Crippen LogP contribution is 2.31. The van der Waals surface area contributed by atoms with E-state index in [1.165, 1.54) is 6.42 Å². The molecule has 0 saturated heterocycles. The smallest absolute Gasteiger partial charge is 0.229 e. The Hall–Kier alpha value is -0.640. The van der Waals surface area contributed by atoms with E-state index in [0.717, 1.165) is 6.42 Å². The van der Waals surface area contributed by atoms with Crippen LogP contribution >= 0.6 is 12.2 Å². The zero-order valence-corrected chi connectivity index (χ0v) is 10.4. The van der Waals surface area contributed by atoms with Gasteiger partial charge in [-0.1, -0.05) is 26.1 Å². The molecule has 0 aliphatic heterocycles. The lowest BCUT2D eigenvalue weighted by Crippen LogP contribution is -2.43. The fourth-order valence-corrected chi connectivity index (χ4v) is 2.11. The molecular formula is C11H20N2OS. The molecule has 0 spiro atoms. The molecule has 1 saturated carbocycles. The van der Waals surface area contributed by atoms with Gasteiger partial charge in [-0.25, -0.2) is 0 Å². The van der Waals surface area contributed by atoms with Crippen molar-refractivity contribution in [3.8, 4) is 0 Å². The van der Waals surface area contributed by atoms with Crippen molar-refractivity contribution in [1.29, 1.82) is 0 Å². The predicted octanol–water partition coefficient (Wildman–Crippen LogP) is 1.46. The van der Waals surface area contributed by atoms with Crippen LogP contribution < -0.4 is 11.1 Å². The molecule has 0 bridgehead atoms. The Bertz CT molecular complexity index is 267. The van der Waals surface area contributed by atoms with Crippen LogP contribution in [0.2, 0.25) is 0 Å². The minimum absolute atomic E-state index is 0.0338. The third-order valence-electron chi connectivity index (χ3n) is 3.61. The first-order valence-electron chi connectivity index (χ1n) is 5.53. The van der Waals surface area contributed by atoms with Crippen molar-refractivity contribution in [2.75, 3.05) is 0 Å². The summed E-state index contributed by atoms with van der Waals surface area (Å²) in [6.07, 6.45) is 2.26. The summed E-state index contributed by atoms with van der Waals surface area (Å²) in [6.45, 7) is 6.17. The lowest BCUT2D eigenvalue weighted by atomic mass is 9.97. The summed E-state index contributed by atoms with van der Waals surface area (Å²) in [5.41, 5.74) is 5.44.